The number of nitro groups is 1. The van der Waals surface area contributed by atoms with E-state index in [9.17, 15) is 19.7 Å². The van der Waals surface area contributed by atoms with Crippen LogP contribution in [0.3, 0.4) is 0 Å². The Kier molecular flexibility index (Phi) is 7.95. The second-order valence-electron chi connectivity index (χ2n) is 6.07. The number of hydrogen-bond donors (Lipinski definition) is 1. The van der Waals surface area contributed by atoms with E-state index in [1.165, 1.54) is 24.3 Å². The van der Waals surface area contributed by atoms with Crippen molar-refractivity contribution in [3.8, 4) is 5.75 Å². The van der Waals surface area contributed by atoms with Gasteiger partial charge >= 0.3 is 12.1 Å². The molecule has 0 unspecified atom stereocenters. The van der Waals surface area contributed by atoms with Crippen molar-refractivity contribution >= 4 is 17.7 Å². The molecule has 148 valence electrons. The molecule has 0 aliphatic heterocycles. The van der Waals surface area contributed by atoms with Crippen LogP contribution < -0.4 is 10.1 Å². The number of unbranched alkanes of at least 4 members (excludes halogenated alkanes) is 1. The van der Waals surface area contributed by atoms with Crippen LogP contribution in [0.15, 0.2) is 54.6 Å². The van der Waals surface area contributed by atoms with E-state index in [0.29, 0.717) is 12.8 Å². The number of nitro benzene ring substituents is 1. The zero-order valence-corrected chi connectivity index (χ0v) is 15.5. The van der Waals surface area contributed by atoms with Crippen LogP contribution >= 0.6 is 0 Å². The molecule has 0 saturated carbocycles. The summed E-state index contributed by atoms with van der Waals surface area (Å²) in [5, 5.41) is 13.2. The Balaban J connectivity index is 1.93. The predicted molar refractivity (Wildman–Crippen MR) is 102 cm³/mol. The molecule has 0 radical (unpaired) electrons. The minimum atomic E-state index is -0.876. The van der Waals surface area contributed by atoms with E-state index in [4.69, 9.17) is 9.47 Å². The number of esters is 1. The van der Waals surface area contributed by atoms with Crippen LogP contribution in [0.5, 0.6) is 5.75 Å². The monoisotopic (exact) mass is 386 g/mol. The van der Waals surface area contributed by atoms with Gasteiger partial charge in [-0.05, 0) is 24.1 Å². The second kappa shape index (κ2) is 10.7. The maximum atomic E-state index is 12.4. The fraction of sp³-hybridized carbons (Fsp3) is 0.300. The first kappa shape index (κ1) is 20.9. The van der Waals surface area contributed by atoms with Crippen LogP contribution in [0.1, 0.15) is 31.7 Å². The molecular weight excluding hydrogens is 364 g/mol. The lowest BCUT2D eigenvalue weighted by Crippen LogP contribution is -2.43. The third-order valence-electron chi connectivity index (χ3n) is 3.90. The number of hydrogen-bond acceptors (Lipinski definition) is 6. The molecule has 0 aliphatic rings. The zero-order valence-electron chi connectivity index (χ0n) is 15.5. The van der Waals surface area contributed by atoms with Crippen molar-refractivity contribution in [3.05, 3.63) is 70.3 Å². The van der Waals surface area contributed by atoms with Crippen molar-refractivity contribution < 1.29 is 24.0 Å². The van der Waals surface area contributed by atoms with Gasteiger partial charge in [0, 0.05) is 12.1 Å². The van der Waals surface area contributed by atoms with Crippen LogP contribution in [0.25, 0.3) is 0 Å². The number of carbonyl (C=O) groups is 2. The molecule has 0 saturated heterocycles. The molecule has 2 aromatic rings. The molecule has 1 N–H and O–H groups in total. The number of nitrogens with one attached hydrogen (secondary N) is 1. The van der Waals surface area contributed by atoms with Gasteiger partial charge in [-0.2, -0.15) is 0 Å². The van der Waals surface area contributed by atoms with Gasteiger partial charge in [-0.25, -0.2) is 9.59 Å². The van der Waals surface area contributed by atoms with E-state index in [2.05, 4.69) is 5.32 Å². The average Bonchev–Trinajstić information content (AvgIpc) is 2.70. The zero-order chi connectivity index (χ0) is 20.4. The van der Waals surface area contributed by atoms with Gasteiger partial charge in [0.1, 0.15) is 18.4 Å². The van der Waals surface area contributed by atoms with Crippen molar-refractivity contribution in [3.63, 3.8) is 0 Å². The Labute approximate surface area is 162 Å². The van der Waals surface area contributed by atoms with Gasteiger partial charge < -0.3 is 14.8 Å². The standard InChI is InChI=1S/C20H22N2O6/c1-2-3-9-18(21-20(24)27-14-15-7-5-4-6-8-15)19(23)28-17-12-10-16(11-13-17)22(25)26/h4-8,10-13,18H,2-3,9,14H2,1H3,(H,21,24)/t18-/m1/s1. The van der Waals surface area contributed by atoms with E-state index in [0.717, 1.165) is 12.0 Å². The van der Waals surface area contributed by atoms with E-state index < -0.39 is 23.0 Å². The Bertz CT molecular complexity index is 792. The van der Waals surface area contributed by atoms with Crippen LogP contribution in [0, 0.1) is 10.1 Å². The Morgan fingerprint density at radius 3 is 2.39 bits per heavy atom. The highest BCUT2D eigenvalue weighted by Crippen LogP contribution is 2.18. The SMILES string of the molecule is CCCC[C@@H](NC(=O)OCc1ccccc1)C(=O)Oc1ccc([N+](=O)[O-])cc1. The van der Waals surface area contributed by atoms with Crippen LogP contribution in [0.2, 0.25) is 0 Å². The smallest absolute Gasteiger partial charge is 0.408 e. The lowest BCUT2D eigenvalue weighted by Gasteiger charge is -2.17. The number of rotatable bonds is 9. The molecule has 2 rings (SSSR count). The number of amides is 1. The van der Waals surface area contributed by atoms with Gasteiger partial charge in [0.05, 0.1) is 4.92 Å². The summed E-state index contributed by atoms with van der Waals surface area (Å²) in [6.07, 6.45) is 1.22. The molecule has 0 heterocycles. The number of nitrogens with zero attached hydrogens (tertiary/aromatic N) is 1. The highest BCUT2D eigenvalue weighted by molar-refractivity contribution is 5.82. The average molecular weight is 386 g/mol. The first-order chi connectivity index (χ1) is 13.5. The molecule has 0 aromatic heterocycles. The van der Waals surface area contributed by atoms with E-state index >= 15 is 0 Å². The molecule has 0 aliphatic carbocycles. The number of alkyl carbamates (subject to hydrolysis) is 1. The minimum Gasteiger partial charge on any atom is -0.445 e. The lowest BCUT2D eigenvalue weighted by molar-refractivity contribution is -0.384. The van der Waals surface area contributed by atoms with Gasteiger partial charge in [-0.1, -0.05) is 50.1 Å². The molecule has 8 nitrogen and oxygen atoms in total. The summed E-state index contributed by atoms with van der Waals surface area (Å²) in [5.41, 5.74) is 0.723. The minimum absolute atomic E-state index is 0.0879. The Hall–Kier alpha value is -3.42. The second-order valence-corrected chi connectivity index (χ2v) is 6.07. The van der Waals surface area contributed by atoms with Crippen molar-refractivity contribution in [2.75, 3.05) is 0 Å². The molecular formula is C20H22N2O6. The predicted octanol–water partition coefficient (Wildman–Crippen LogP) is 3.99. The third-order valence-corrected chi connectivity index (χ3v) is 3.90. The normalized spacial score (nSPS) is 11.3. The van der Waals surface area contributed by atoms with E-state index in [1.54, 1.807) is 0 Å². The van der Waals surface area contributed by atoms with Gasteiger partial charge in [0.2, 0.25) is 0 Å². The van der Waals surface area contributed by atoms with Gasteiger partial charge in [-0.3, -0.25) is 10.1 Å². The van der Waals surface area contributed by atoms with Gasteiger partial charge in [0.15, 0.2) is 0 Å². The molecule has 2 aromatic carbocycles. The summed E-state index contributed by atoms with van der Waals surface area (Å²) < 4.78 is 10.4. The van der Waals surface area contributed by atoms with Crippen LogP contribution in [-0.4, -0.2) is 23.0 Å². The number of non-ortho nitro benzene ring substituents is 1. The maximum absolute atomic E-state index is 12.4. The topological polar surface area (TPSA) is 108 Å². The molecule has 0 spiro atoms. The first-order valence-corrected chi connectivity index (χ1v) is 8.93. The van der Waals surface area contributed by atoms with Crippen LogP contribution in [-0.2, 0) is 16.1 Å². The summed E-state index contributed by atoms with van der Waals surface area (Å²) in [6.45, 7) is 2.05. The highest BCUT2D eigenvalue weighted by Gasteiger charge is 2.23. The van der Waals surface area contributed by atoms with Crippen molar-refractivity contribution in [1.82, 2.24) is 5.32 Å². The molecule has 1 atom stereocenters. The van der Waals surface area contributed by atoms with Crippen molar-refractivity contribution in [2.24, 2.45) is 0 Å². The molecule has 8 heteroatoms. The Morgan fingerprint density at radius 1 is 1.11 bits per heavy atom. The van der Waals surface area contributed by atoms with Crippen molar-refractivity contribution in [2.45, 2.75) is 38.8 Å². The fourth-order valence-corrected chi connectivity index (χ4v) is 2.39. The summed E-state index contributed by atoms with van der Waals surface area (Å²) in [7, 11) is 0. The molecule has 28 heavy (non-hydrogen) atoms. The van der Waals surface area contributed by atoms with Gasteiger partial charge in [-0.15, -0.1) is 0 Å². The number of carbonyl (C=O) groups excluding carboxylic acids is 2. The highest BCUT2D eigenvalue weighted by atomic mass is 16.6. The lowest BCUT2D eigenvalue weighted by atomic mass is 10.1. The number of benzene rings is 2. The third kappa shape index (κ3) is 6.71. The molecule has 0 fully saturated rings. The first-order valence-electron chi connectivity index (χ1n) is 8.93. The summed E-state index contributed by atoms with van der Waals surface area (Å²) in [6, 6.07) is 13.5. The summed E-state index contributed by atoms with van der Waals surface area (Å²) >= 11 is 0. The van der Waals surface area contributed by atoms with Crippen molar-refractivity contribution in [1.29, 1.82) is 0 Å². The quantitative estimate of drug-likeness (QED) is 0.302. The number of ether oxygens (including phenoxy) is 2. The molecule has 0 bridgehead atoms. The summed E-state index contributed by atoms with van der Waals surface area (Å²) in [4.78, 5) is 34.6. The van der Waals surface area contributed by atoms with E-state index in [-0.39, 0.29) is 18.0 Å². The van der Waals surface area contributed by atoms with Crippen LogP contribution in [0.4, 0.5) is 10.5 Å². The largest absolute Gasteiger partial charge is 0.445 e. The molecule has 1 amide bonds. The van der Waals surface area contributed by atoms with E-state index in [1.807, 2.05) is 37.3 Å². The fourth-order valence-electron chi connectivity index (χ4n) is 2.39. The van der Waals surface area contributed by atoms with Gasteiger partial charge in [0.25, 0.3) is 5.69 Å². The Morgan fingerprint density at radius 2 is 1.79 bits per heavy atom. The summed E-state index contributed by atoms with van der Waals surface area (Å²) in [5.74, 6) is -0.490. The maximum Gasteiger partial charge on any atom is 0.408 e.